The van der Waals surface area contributed by atoms with Crippen LogP contribution < -0.4 is 4.90 Å². The van der Waals surface area contributed by atoms with Crippen LogP contribution in [0.15, 0.2) is 54.6 Å². The largest absolute Gasteiger partial charge is 0.444 e. The van der Waals surface area contributed by atoms with E-state index in [2.05, 4.69) is 19.1 Å². The normalized spacial score (nSPS) is 10.6. The first-order valence-electron chi connectivity index (χ1n) is 10.4. The first-order chi connectivity index (χ1) is 13.7. The number of para-hydroxylation sites is 1. The van der Waals surface area contributed by atoms with Crippen LogP contribution in [0.5, 0.6) is 0 Å². The van der Waals surface area contributed by atoms with Crippen LogP contribution in [0.1, 0.15) is 56.6 Å². The molecule has 2 rings (SSSR count). The van der Waals surface area contributed by atoms with Gasteiger partial charge in [0.15, 0.2) is 0 Å². The number of carbonyl (C=O) groups excluding carboxylic acids is 1. The first-order valence-corrected chi connectivity index (χ1v) is 10.4. The van der Waals surface area contributed by atoms with Gasteiger partial charge in [-0.1, -0.05) is 68.7 Å². The summed E-state index contributed by atoms with van der Waals surface area (Å²) in [5.74, 6) is 0. The zero-order chi connectivity index (χ0) is 20.0. The summed E-state index contributed by atoms with van der Waals surface area (Å²) in [6, 6.07) is 18.0. The maximum atomic E-state index is 12.7. The van der Waals surface area contributed by atoms with Gasteiger partial charge in [-0.25, -0.2) is 4.79 Å². The van der Waals surface area contributed by atoms with E-state index in [1.54, 1.807) is 4.90 Å². The Hall–Kier alpha value is -2.33. The van der Waals surface area contributed by atoms with Crippen molar-refractivity contribution >= 4 is 11.8 Å². The third kappa shape index (κ3) is 7.73. The predicted molar refractivity (Wildman–Crippen MR) is 115 cm³/mol. The Bertz CT molecular complexity index is 670. The van der Waals surface area contributed by atoms with E-state index in [1.807, 2.05) is 42.5 Å². The molecular weight excluding hydrogens is 350 g/mol. The SMILES string of the molecule is CCCCc1ccc(COC(=O)N(CCCCCCO)c2ccccc2)cc1. The zero-order valence-corrected chi connectivity index (χ0v) is 17.0. The van der Waals surface area contributed by atoms with Gasteiger partial charge in [0, 0.05) is 18.8 Å². The van der Waals surface area contributed by atoms with Crippen molar-refractivity contribution in [3.8, 4) is 0 Å². The smallest absolute Gasteiger partial charge is 0.414 e. The zero-order valence-electron chi connectivity index (χ0n) is 17.0. The number of hydrogen-bond acceptors (Lipinski definition) is 3. The Balaban J connectivity index is 1.90. The highest BCUT2D eigenvalue weighted by molar-refractivity contribution is 5.87. The summed E-state index contributed by atoms with van der Waals surface area (Å²) in [7, 11) is 0. The molecule has 2 aromatic rings. The van der Waals surface area contributed by atoms with E-state index in [9.17, 15) is 4.79 Å². The molecule has 4 heteroatoms. The molecule has 0 aliphatic rings. The van der Waals surface area contributed by atoms with Crippen molar-refractivity contribution in [3.63, 3.8) is 0 Å². The standard InChI is InChI=1S/C24H33NO3/c1-2-3-11-21-14-16-22(17-15-21)20-28-24(27)25(18-9-4-5-10-19-26)23-12-7-6-8-13-23/h6-8,12-17,26H,2-5,9-11,18-20H2,1H3. The molecule has 0 aliphatic carbocycles. The molecular formula is C24H33NO3. The molecule has 0 unspecified atom stereocenters. The van der Waals surface area contributed by atoms with Gasteiger partial charge in [-0.3, -0.25) is 4.90 Å². The van der Waals surface area contributed by atoms with Crippen LogP contribution in [0.3, 0.4) is 0 Å². The van der Waals surface area contributed by atoms with Gasteiger partial charge < -0.3 is 9.84 Å². The lowest BCUT2D eigenvalue weighted by molar-refractivity contribution is 0.147. The van der Waals surface area contributed by atoms with Gasteiger partial charge in [-0.05, 0) is 48.9 Å². The Morgan fingerprint density at radius 3 is 2.25 bits per heavy atom. The van der Waals surface area contributed by atoms with Crippen LogP contribution in [0, 0.1) is 0 Å². The first kappa shape index (κ1) is 22.0. The minimum absolute atomic E-state index is 0.224. The Kier molecular flexibility index (Phi) is 10.2. The molecule has 4 nitrogen and oxygen atoms in total. The second-order valence-electron chi connectivity index (χ2n) is 7.10. The third-order valence-corrected chi connectivity index (χ3v) is 4.78. The fraction of sp³-hybridized carbons (Fsp3) is 0.458. The van der Waals surface area contributed by atoms with Crippen molar-refractivity contribution in [3.05, 3.63) is 65.7 Å². The van der Waals surface area contributed by atoms with Crippen molar-refractivity contribution in [1.29, 1.82) is 0 Å². The van der Waals surface area contributed by atoms with E-state index in [0.717, 1.165) is 43.4 Å². The van der Waals surface area contributed by atoms with Crippen LogP contribution >= 0.6 is 0 Å². The highest BCUT2D eigenvalue weighted by atomic mass is 16.6. The molecule has 0 bridgehead atoms. The number of carbonyl (C=O) groups is 1. The third-order valence-electron chi connectivity index (χ3n) is 4.78. The summed E-state index contributed by atoms with van der Waals surface area (Å²) in [5, 5.41) is 8.89. The summed E-state index contributed by atoms with van der Waals surface area (Å²) < 4.78 is 5.59. The van der Waals surface area contributed by atoms with Crippen LogP contribution in [0.4, 0.5) is 10.5 Å². The van der Waals surface area contributed by atoms with Crippen molar-refractivity contribution in [1.82, 2.24) is 0 Å². The summed E-state index contributed by atoms with van der Waals surface area (Å²) in [6.07, 6.45) is 6.81. The molecule has 28 heavy (non-hydrogen) atoms. The summed E-state index contributed by atoms with van der Waals surface area (Å²) >= 11 is 0. The molecule has 0 aromatic heterocycles. The number of unbranched alkanes of at least 4 members (excludes halogenated alkanes) is 4. The van der Waals surface area contributed by atoms with Gasteiger partial charge in [0.25, 0.3) is 0 Å². The highest BCUT2D eigenvalue weighted by Gasteiger charge is 2.16. The van der Waals surface area contributed by atoms with Crippen molar-refractivity contribution < 1.29 is 14.6 Å². The van der Waals surface area contributed by atoms with Crippen LogP contribution in [-0.2, 0) is 17.8 Å². The van der Waals surface area contributed by atoms with Crippen molar-refractivity contribution in [2.75, 3.05) is 18.1 Å². The fourth-order valence-corrected chi connectivity index (χ4v) is 3.08. The maximum absolute atomic E-state index is 12.7. The molecule has 2 aromatic carbocycles. The molecule has 0 heterocycles. The number of ether oxygens (including phenoxy) is 1. The minimum Gasteiger partial charge on any atom is -0.444 e. The summed E-state index contributed by atoms with van der Waals surface area (Å²) in [5.41, 5.74) is 3.18. The predicted octanol–water partition coefficient (Wildman–Crippen LogP) is 5.73. The summed E-state index contributed by atoms with van der Waals surface area (Å²) in [6.45, 7) is 3.31. The van der Waals surface area contributed by atoms with E-state index in [1.165, 1.54) is 18.4 Å². The van der Waals surface area contributed by atoms with Gasteiger partial charge in [-0.15, -0.1) is 0 Å². The van der Waals surface area contributed by atoms with Gasteiger partial charge in [0.05, 0.1) is 0 Å². The minimum atomic E-state index is -0.316. The van der Waals surface area contributed by atoms with E-state index < -0.39 is 0 Å². The highest BCUT2D eigenvalue weighted by Crippen LogP contribution is 2.17. The summed E-state index contributed by atoms with van der Waals surface area (Å²) in [4.78, 5) is 14.4. The molecule has 0 radical (unpaired) electrons. The number of rotatable bonds is 12. The van der Waals surface area contributed by atoms with Gasteiger partial charge >= 0.3 is 6.09 Å². The van der Waals surface area contributed by atoms with Crippen LogP contribution in [-0.4, -0.2) is 24.4 Å². The lowest BCUT2D eigenvalue weighted by atomic mass is 10.1. The number of benzene rings is 2. The van der Waals surface area contributed by atoms with E-state index >= 15 is 0 Å². The molecule has 1 amide bonds. The fourth-order valence-electron chi connectivity index (χ4n) is 3.08. The van der Waals surface area contributed by atoms with E-state index in [-0.39, 0.29) is 19.3 Å². The van der Waals surface area contributed by atoms with Gasteiger partial charge in [0.1, 0.15) is 6.61 Å². The lowest BCUT2D eigenvalue weighted by Crippen LogP contribution is -2.32. The van der Waals surface area contributed by atoms with Gasteiger partial charge in [0.2, 0.25) is 0 Å². The monoisotopic (exact) mass is 383 g/mol. The van der Waals surface area contributed by atoms with Crippen LogP contribution in [0.2, 0.25) is 0 Å². The number of aliphatic hydroxyl groups excluding tert-OH is 1. The molecule has 0 spiro atoms. The molecule has 0 atom stereocenters. The topological polar surface area (TPSA) is 49.8 Å². The number of aliphatic hydroxyl groups is 1. The molecule has 152 valence electrons. The quantitative estimate of drug-likeness (QED) is 0.477. The Morgan fingerprint density at radius 2 is 1.57 bits per heavy atom. The van der Waals surface area contributed by atoms with Crippen molar-refractivity contribution in [2.45, 2.75) is 58.5 Å². The average Bonchev–Trinajstić information content (AvgIpc) is 2.74. The number of amides is 1. The number of aryl methyl sites for hydroxylation is 1. The molecule has 0 saturated carbocycles. The average molecular weight is 384 g/mol. The van der Waals surface area contributed by atoms with E-state index in [0.29, 0.717) is 6.54 Å². The molecule has 0 aliphatic heterocycles. The second-order valence-corrected chi connectivity index (χ2v) is 7.10. The van der Waals surface area contributed by atoms with Crippen LogP contribution in [0.25, 0.3) is 0 Å². The molecule has 0 fully saturated rings. The second kappa shape index (κ2) is 12.9. The Labute approximate surface area is 169 Å². The Morgan fingerprint density at radius 1 is 0.893 bits per heavy atom. The van der Waals surface area contributed by atoms with Crippen molar-refractivity contribution in [2.24, 2.45) is 0 Å². The number of anilines is 1. The number of nitrogens with zero attached hydrogens (tertiary/aromatic N) is 1. The number of hydrogen-bond donors (Lipinski definition) is 1. The molecule has 0 saturated heterocycles. The molecule has 1 N–H and O–H groups in total. The van der Waals surface area contributed by atoms with E-state index in [4.69, 9.17) is 9.84 Å². The maximum Gasteiger partial charge on any atom is 0.414 e. The van der Waals surface area contributed by atoms with Gasteiger partial charge in [-0.2, -0.15) is 0 Å². The lowest BCUT2D eigenvalue weighted by Gasteiger charge is -2.22.